The Hall–Kier alpha value is -4.29. The van der Waals surface area contributed by atoms with Crippen LogP contribution in [0.15, 0.2) is 66.9 Å². The van der Waals surface area contributed by atoms with Crippen LogP contribution in [-0.2, 0) is 9.59 Å². The lowest BCUT2D eigenvalue weighted by atomic mass is 9.98. The summed E-state index contributed by atoms with van der Waals surface area (Å²) in [5, 5.41) is 20.9. The Labute approximate surface area is 209 Å². The third kappa shape index (κ3) is 7.89. The van der Waals surface area contributed by atoms with Crippen molar-refractivity contribution in [2.24, 2.45) is 0 Å². The molecule has 0 saturated carbocycles. The third-order valence-electron chi connectivity index (χ3n) is 5.52. The molecule has 0 fully saturated rings. The molecule has 1 unspecified atom stereocenters. The van der Waals surface area contributed by atoms with E-state index in [0.717, 1.165) is 11.3 Å². The molecular weight excluding hydrogens is 459 g/mol. The van der Waals surface area contributed by atoms with E-state index in [1.54, 1.807) is 42.6 Å². The summed E-state index contributed by atoms with van der Waals surface area (Å²) < 4.78 is 13.9. The molecule has 0 spiro atoms. The molecule has 0 saturated heterocycles. The average molecular weight is 489 g/mol. The van der Waals surface area contributed by atoms with Crippen molar-refractivity contribution in [1.82, 2.24) is 15.6 Å². The van der Waals surface area contributed by atoms with Crippen molar-refractivity contribution < 1.29 is 14.0 Å². The van der Waals surface area contributed by atoms with Crippen molar-refractivity contribution in [3.05, 3.63) is 89.4 Å². The molecule has 4 N–H and O–H groups in total. The van der Waals surface area contributed by atoms with Crippen LogP contribution in [0.1, 0.15) is 42.5 Å². The molecule has 8 nitrogen and oxygen atoms in total. The maximum absolute atomic E-state index is 13.9. The molecule has 0 aliphatic rings. The minimum absolute atomic E-state index is 0.0441. The second-order valence-electron chi connectivity index (χ2n) is 8.36. The summed E-state index contributed by atoms with van der Waals surface area (Å²) in [5.41, 5.74) is 2.84. The smallest absolute Gasteiger partial charge is 0.247 e. The summed E-state index contributed by atoms with van der Waals surface area (Å²) in [6.45, 7) is 4.93. The standard InChI is InChI=1S/C27H29FN6O2/c1-18(21-8-6-20(15-29)7-9-21)16-33-26(22-4-3-5-23(28)14-22)27(36)34-25-11-10-24(17-32-25)31-13-12-30-19(2)35/h3-11,14,17-18,26,31,33H,12-13,16H2,1-2H3,(H,30,35)(H,32,34,36)/t18-,26?/m1/s1. The van der Waals surface area contributed by atoms with E-state index >= 15 is 0 Å². The van der Waals surface area contributed by atoms with Crippen LogP contribution >= 0.6 is 0 Å². The molecule has 2 aromatic carbocycles. The predicted molar refractivity (Wildman–Crippen MR) is 137 cm³/mol. The van der Waals surface area contributed by atoms with E-state index in [1.165, 1.54) is 19.1 Å². The highest BCUT2D eigenvalue weighted by atomic mass is 19.1. The fourth-order valence-electron chi connectivity index (χ4n) is 3.56. The summed E-state index contributed by atoms with van der Waals surface area (Å²) in [7, 11) is 0. The number of halogens is 1. The Morgan fingerprint density at radius 3 is 2.47 bits per heavy atom. The first kappa shape index (κ1) is 26.3. The van der Waals surface area contributed by atoms with Crippen LogP contribution in [0.5, 0.6) is 0 Å². The van der Waals surface area contributed by atoms with Crippen molar-refractivity contribution in [2.75, 3.05) is 30.3 Å². The molecule has 3 aromatic rings. The van der Waals surface area contributed by atoms with Gasteiger partial charge in [0.25, 0.3) is 0 Å². The van der Waals surface area contributed by atoms with Gasteiger partial charge in [0.2, 0.25) is 11.8 Å². The number of nitrogens with one attached hydrogen (secondary N) is 4. The van der Waals surface area contributed by atoms with Crippen LogP contribution < -0.4 is 21.3 Å². The van der Waals surface area contributed by atoms with Crippen molar-refractivity contribution in [2.45, 2.75) is 25.8 Å². The van der Waals surface area contributed by atoms with Gasteiger partial charge in [0.1, 0.15) is 17.7 Å². The van der Waals surface area contributed by atoms with Crippen molar-refractivity contribution in [1.29, 1.82) is 5.26 Å². The minimum Gasteiger partial charge on any atom is -0.382 e. The SMILES string of the molecule is CC(=O)NCCNc1ccc(NC(=O)C(NC[C@@H](C)c2ccc(C#N)cc2)c2cccc(F)c2)nc1. The summed E-state index contributed by atoms with van der Waals surface area (Å²) in [4.78, 5) is 28.4. The van der Waals surface area contributed by atoms with E-state index in [-0.39, 0.29) is 17.7 Å². The number of hydrogen-bond acceptors (Lipinski definition) is 6. The van der Waals surface area contributed by atoms with Crippen molar-refractivity contribution >= 4 is 23.3 Å². The molecule has 36 heavy (non-hydrogen) atoms. The molecule has 3 rings (SSSR count). The number of nitriles is 1. The van der Waals surface area contributed by atoms with Crippen LogP contribution in [0, 0.1) is 17.1 Å². The molecule has 0 bridgehead atoms. The predicted octanol–water partition coefficient (Wildman–Crippen LogP) is 3.71. The van der Waals surface area contributed by atoms with Gasteiger partial charge in [-0.15, -0.1) is 0 Å². The molecule has 1 aromatic heterocycles. The van der Waals surface area contributed by atoms with Gasteiger partial charge in [0.05, 0.1) is 23.5 Å². The maximum Gasteiger partial charge on any atom is 0.247 e. The highest BCUT2D eigenvalue weighted by molar-refractivity contribution is 5.94. The number of pyridine rings is 1. The topological polar surface area (TPSA) is 119 Å². The van der Waals surface area contributed by atoms with E-state index in [9.17, 15) is 14.0 Å². The average Bonchev–Trinajstić information content (AvgIpc) is 2.87. The summed E-state index contributed by atoms with van der Waals surface area (Å²) in [5.74, 6) is -0.495. The van der Waals surface area contributed by atoms with Gasteiger partial charge in [-0.1, -0.05) is 31.2 Å². The number of hydrogen-bond donors (Lipinski definition) is 4. The van der Waals surface area contributed by atoms with Gasteiger partial charge in [-0.2, -0.15) is 5.26 Å². The third-order valence-corrected chi connectivity index (χ3v) is 5.52. The van der Waals surface area contributed by atoms with Crippen molar-refractivity contribution in [3.8, 4) is 6.07 Å². The molecule has 0 aliphatic carbocycles. The van der Waals surface area contributed by atoms with Gasteiger partial charge in [0, 0.05) is 26.6 Å². The number of benzene rings is 2. The highest BCUT2D eigenvalue weighted by Gasteiger charge is 2.22. The number of anilines is 2. The second-order valence-corrected chi connectivity index (χ2v) is 8.36. The fraction of sp³-hybridized carbons (Fsp3) is 0.259. The van der Waals surface area contributed by atoms with Crippen LogP contribution in [0.2, 0.25) is 0 Å². The molecule has 2 amide bonds. The highest BCUT2D eigenvalue weighted by Crippen LogP contribution is 2.20. The quantitative estimate of drug-likeness (QED) is 0.306. The van der Waals surface area contributed by atoms with Gasteiger partial charge in [0.15, 0.2) is 0 Å². The largest absolute Gasteiger partial charge is 0.382 e. The monoisotopic (exact) mass is 488 g/mol. The number of amides is 2. The number of carbonyl (C=O) groups excluding carboxylic acids is 2. The minimum atomic E-state index is -0.807. The number of aromatic nitrogens is 1. The fourth-order valence-corrected chi connectivity index (χ4v) is 3.56. The van der Waals surface area contributed by atoms with E-state index in [0.29, 0.717) is 36.6 Å². The molecule has 2 atom stereocenters. The van der Waals surface area contributed by atoms with E-state index in [4.69, 9.17) is 5.26 Å². The van der Waals surface area contributed by atoms with Gasteiger partial charge in [-0.3, -0.25) is 9.59 Å². The molecule has 186 valence electrons. The molecule has 0 aliphatic heterocycles. The molecule has 0 radical (unpaired) electrons. The lowest BCUT2D eigenvalue weighted by Crippen LogP contribution is -2.35. The first-order valence-electron chi connectivity index (χ1n) is 11.6. The zero-order valence-corrected chi connectivity index (χ0v) is 20.2. The van der Waals surface area contributed by atoms with Gasteiger partial charge in [-0.05, 0) is 53.4 Å². The van der Waals surface area contributed by atoms with Crippen LogP contribution in [0.3, 0.4) is 0 Å². The van der Waals surface area contributed by atoms with Crippen LogP contribution in [0.25, 0.3) is 0 Å². The van der Waals surface area contributed by atoms with E-state index in [2.05, 4.69) is 32.3 Å². The molecular formula is C27H29FN6O2. The summed E-state index contributed by atoms with van der Waals surface area (Å²) in [6.07, 6.45) is 1.58. The number of rotatable bonds is 11. The van der Waals surface area contributed by atoms with Crippen LogP contribution in [0.4, 0.5) is 15.9 Å². The van der Waals surface area contributed by atoms with Crippen molar-refractivity contribution in [3.63, 3.8) is 0 Å². The Bertz CT molecular complexity index is 1210. The zero-order chi connectivity index (χ0) is 25.9. The second kappa shape index (κ2) is 13.0. The first-order valence-corrected chi connectivity index (χ1v) is 11.6. The van der Waals surface area contributed by atoms with Gasteiger partial charge in [-0.25, -0.2) is 9.37 Å². The Morgan fingerprint density at radius 2 is 1.83 bits per heavy atom. The first-order chi connectivity index (χ1) is 17.4. The summed E-state index contributed by atoms with van der Waals surface area (Å²) >= 11 is 0. The van der Waals surface area contributed by atoms with Gasteiger partial charge < -0.3 is 21.3 Å². The van der Waals surface area contributed by atoms with E-state index < -0.39 is 11.9 Å². The number of carbonyl (C=O) groups is 2. The zero-order valence-electron chi connectivity index (χ0n) is 20.2. The normalized spacial score (nSPS) is 12.2. The summed E-state index contributed by atoms with van der Waals surface area (Å²) in [6, 6.07) is 17.9. The Morgan fingerprint density at radius 1 is 1.06 bits per heavy atom. The van der Waals surface area contributed by atoms with Gasteiger partial charge >= 0.3 is 0 Å². The Kier molecular flexibility index (Phi) is 9.48. The van der Waals surface area contributed by atoms with Crippen LogP contribution in [-0.4, -0.2) is 36.4 Å². The molecule has 1 heterocycles. The van der Waals surface area contributed by atoms with E-state index in [1.807, 2.05) is 19.1 Å². The Balaban J connectivity index is 1.65. The maximum atomic E-state index is 13.9. The number of nitrogens with zero attached hydrogens (tertiary/aromatic N) is 2. The lowest BCUT2D eigenvalue weighted by molar-refractivity contribution is -0.119. The lowest BCUT2D eigenvalue weighted by Gasteiger charge is -2.21. The molecule has 9 heteroatoms.